The molecule has 0 saturated heterocycles. The first kappa shape index (κ1) is 18.8. The predicted molar refractivity (Wildman–Crippen MR) is 86.9 cm³/mol. The zero-order valence-corrected chi connectivity index (χ0v) is 14.0. The van der Waals surface area contributed by atoms with E-state index in [1.165, 1.54) is 18.9 Å². The molecule has 0 radical (unpaired) electrons. The summed E-state index contributed by atoms with van der Waals surface area (Å²) in [5.74, 6) is 0.663. The number of anilines is 1. The summed E-state index contributed by atoms with van der Waals surface area (Å²) in [6, 6.07) is 5.11. The molecule has 0 aliphatic rings. The number of nitrogens with zero attached hydrogens (tertiary/aromatic N) is 1. The molecule has 1 rings (SSSR count). The van der Waals surface area contributed by atoms with Gasteiger partial charge in [-0.1, -0.05) is 0 Å². The smallest absolute Gasteiger partial charge is 0.244 e. The summed E-state index contributed by atoms with van der Waals surface area (Å²) in [4.78, 5) is 25.3. The van der Waals surface area contributed by atoms with Gasteiger partial charge in [-0.2, -0.15) is 0 Å². The molecule has 0 unspecified atom stereocenters. The fourth-order valence-corrected chi connectivity index (χ4v) is 2.02. The van der Waals surface area contributed by atoms with E-state index in [1.807, 2.05) is 0 Å². The summed E-state index contributed by atoms with van der Waals surface area (Å²) >= 11 is 0. The van der Waals surface area contributed by atoms with E-state index in [1.54, 1.807) is 32.4 Å². The zero-order chi connectivity index (χ0) is 17.2. The van der Waals surface area contributed by atoms with Gasteiger partial charge in [0, 0.05) is 33.3 Å². The molecule has 7 heteroatoms. The molecule has 0 aliphatic carbocycles. The van der Waals surface area contributed by atoms with Crippen LogP contribution >= 0.6 is 0 Å². The molecule has 0 bridgehead atoms. The van der Waals surface area contributed by atoms with Gasteiger partial charge in [-0.05, 0) is 18.6 Å². The average molecular weight is 324 g/mol. The molecule has 128 valence electrons. The van der Waals surface area contributed by atoms with Gasteiger partial charge in [0.05, 0.1) is 26.5 Å². The van der Waals surface area contributed by atoms with Crippen molar-refractivity contribution in [1.82, 2.24) is 4.90 Å². The monoisotopic (exact) mass is 324 g/mol. The predicted octanol–water partition coefficient (Wildman–Crippen LogP) is 1.53. The van der Waals surface area contributed by atoms with E-state index in [2.05, 4.69) is 5.32 Å². The standard InChI is InChI=1S/C16H24N2O5/c1-12(19)18(8-5-9-21-2)11-16(20)17-14-10-13(22-3)6-7-15(14)23-4/h6-7,10H,5,8-9,11H2,1-4H3,(H,17,20). The van der Waals surface area contributed by atoms with Crippen molar-refractivity contribution < 1.29 is 23.8 Å². The molecule has 1 N–H and O–H groups in total. The molecule has 0 saturated carbocycles. The lowest BCUT2D eigenvalue weighted by atomic mass is 10.2. The van der Waals surface area contributed by atoms with Crippen LogP contribution in [0.4, 0.5) is 5.69 Å². The molecule has 0 heterocycles. The van der Waals surface area contributed by atoms with Gasteiger partial charge in [-0.25, -0.2) is 0 Å². The quantitative estimate of drug-likeness (QED) is 0.697. The van der Waals surface area contributed by atoms with Crippen molar-refractivity contribution in [3.63, 3.8) is 0 Å². The normalized spacial score (nSPS) is 10.1. The Bertz CT molecular complexity index is 533. The molecule has 1 aromatic carbocycles. The van der Waals surface area contributed by atoms with E-state index in [-0.39, 0.29) is 18.4 Å². The second-order valence-corrected chi connectivity index (χ2v) is 4.90. The lowest BCUT2D eigenvalue weighted by Gasteiger charge is -2.20. The van der Waals surface area contributed by atoms with Gasteiger partial charge in [0.1, 0.15) is 11.5 Å². The number of methoxy groups -OCH3 is 3. The highest BCUT2D eigenvalue weighted by atomic mass is 16.5. The minimum Gasteiger partial charge on any atom is -0.497 e. The van der Waals surface area contributed by atoms with Crippen LogP contribution in [0.2, 0.25) is 0 Å². The fraction of sp³-hybridized carbons (Fsp3) is 0.500. The van der Waals surface area contributed by atoms with Gasteiger partial charge < -0.3 is 24.4 Å². The third-order valence-corrected chi connectivity index (χ3v) is 3.24. The number of amides is 2. The van der Waals surface area contributed by atoms with Crippen molar-refractivity contribution in [2.45, 2.75) is 13.3 Å². The molecule has 1 aromatic rings. The Morgan fingerprint density at radius 3 is 2.48 bits per heavy atom. The number of nitrogens with one attached hydrogen (secondary N) is 1. The van der Waals surface area contributed by atoms with Crippen LogP contribution in [0.25, 0.3) is 0 Å². The van der Waals surface area contributed by atoms with Crippen LogP contribution in [0.5, 0.6) is 11.5 Å². The average Bonchev–Trinajstić information content (AvgIpc) is 2.53. The van der Waals surface area contributed by atoms with Crippen molar-refractivity contribution in [1.29, 1.82) is 0 Å². The third kappa shape index (κ3) is 6.15. The maximum absolute atomic E-state index is 12.2. The van der Waals surface area contributed by atoms with Crippen LogP contribution in [0.3, 0.4) is 0 Å². The van der Waals surface area contributed by atoms with Crippen molar-refractivity contribution in [3.8, 4) is 11.5 Å². The van der Waals surface area contributed by atoms with Crippen LogP contribution in [0.1, 0.15) is 13.3 Å². The van der Waals surface area contributed by atoms with Crippen molar-refractivity contribution in [2.24, 2.45) is 0 Å². The molecule has 2 amide bonds. The maximum atomic E-state index is 12.2. The maximum Gasteiger partial charge on any atom is 0.244 e. The zero-order valence-electron chi connectivity index (χ0n) is 14.0. The first-order valence-corrected chi connectivity index (χ1v) is 7.28. The summed E-state index contributed by atoms with van der Waals surface area (Å²) in [7, 11) is 4.66. The topological polar surface area (TPSA) is 77.1 Å². The van der Waals surface area contributed by atoms with Gasteiger partial charge in [0.25, 0.3) is 0 Å². The summed E-state index contributed by atoms with van der Waals surface area (Å²) in [5.41, 5.74) is 0.497. The number of rotatable bonds is 9. The number of ether oxygens (including phenoxy) is 3. The van der Waals surface area contributed by atoms with Gasteiger partial charge in [0.2, 0.25) is 11.8 Å². The highest BCUT2D eigenvalue weighted by Crippen LogP contribution is 2.28. The first-order valence-electron chi connectivity index (χ1n) is 7.28. The summed E-state index contributed by atoms with van der Waals surface area (Å²) < 4.78 is 15.3. The Labute approximate surface area is 136 Å². The lowest BCUT2D eigenvalue weighted by Crippen LogP contribution is -2.37. The van der Waals surface area contributed by atoms with Crippen LogP contribution in [-0.4, -0.2) is 57.7 Å². The Balaban J connectivity index is 2.72. The molecular weight excluding hydrogens is 300 g/mol. The van der Waals surface area contributed by atoms with Crippen LogP contribution < -0.4 is 14.8 Å². The highest BCUT2D eigenvalue weighted by Gasteiger charge is 2.15. The van der Waals surface area contributed by atoms with Crippen molar-refractivity contribution in [3.05, 3.63) is 18.2 Å². The van der Waals surface area contributed by atoms with E-state index in [4.69, 9.17) is 14.2 Å². The second-order valence-electron chi connectivity index (χ2n) is 4.90. The molecule has 0 aliphatic heterocycles. The van der Waals surface area contributed by atoms with Gasteiger partial charge in [0.15, 0.2) is 0 Å². The van der Waals surface area contributed by atoms with E-state index in [0.29, 0.717) is 36.8 Å². The first-order chi connectivity index (χ1) is 11.0. The molecule has 23 heavy (non-hydrogen) atoms. The molecule has 0 atom stereocenters. The van der Waals surface area contributed by atoms with Crippen LogP contribution in [0, 0.1) is 0 Å². The number of hydrogen-bond donors (Lipinski definition) is 1. The molecule has 0 aromatic heterocycles. The minimum atomic E-state index is -0.302. The highest BCUT2D eigenvalue weighted by molar-refractivity contribution is 5.95. The number of carbonyl (C=O) groups is 2. The van der Waals surface area contributed by atoms with Gasteiger partial charge >= 0.3 is 0 Å². The van der Waals surface area contributed by atoms with E-state index in [9.17, 15) is 9.59 Å². The Kier molecular flexibility index (Phi) is 7.90. The SMILES string of the molecule is COCCCN(CC(=O)Nc1cc(OC)ccc1OC)C(C)=O. The summed E-state index contributed by atoms with van der Waals surface area (Å²) in [6.45, 7) is 2.41. The van der Waals surface area contributed by atoms with Crippen molar-refractivity contribution >= 4 is 17.5 Å². The summed E-state index contributed by atoms with van der Waals surface area (Å²) in [6.07, 6.45) is 0.672. The Hall–Kier alpha value is -2.28. The Morgan fingerprint density at radius 1 is 1.17 bits per heavy atom. The third-order valence-electron chi connectivity index (χ3n) is 3.24. The molecular formula is C16H24N2O5. The molecule has 7 nitrogen and oxygen atoms in total. The fourth-order valence-electron chi connectivity index (χ4n) is 2.02. The number of hydrogen-bond acceptors (Lipinski definition) is 5. The molecule has 0 spiro atoms. The van der Waals surface area contributed by atoms with Crippen molar-refractivity contribution in [2.75, 3.05) is 46.3 Å². The van der Waals surface area contributed by atoms with E-state index < -0.39 is 0 Å². The van der Waals surface area contributed by atoms with E-state index in [0.717, 1.165) is 0 Å². The lowest BCUT2D eigenvalue weighted by molar-refractivity contribution is -0.132. The van der Waals surface area contributed by atoms with E-state index >= 15 is 0 Å². The summed E-state index contributed by atoms with van der Waals surface area (Å²) in [5, 5.41) is 2.74. The van der Waals surface area contributed by atoms with Crippen LogP contribution in [-0.2, 0) is 14.3 Å². The largest absolute Gasteiger partial charge is 0.497 e. The minimum absolute atomic E-state index is 0.0284. The number of benzene rings is 1. The van der Waals surface area contributed by atoms with Crippen LogP contribution in [0.15, 0.2) is 18.2 Å². The Morgan fingerprint density at radius 2 is 1.91 bits per heavy atom. The van der Waals surface area contributed by atoms with Gasteiger partial charge in [-0.15, -0.1) is 0 Å². The van der Waals surface area contributed by atoms with Gasteiger partial charge in [-0.3, -0.25) is 9.59 Å². The molecule has 0 fully saturated rings. The second kappa shape index (κ2) is 9.68. The number of carbonyl (C=O) groups excluding carboxylic acids is 2.